The Bertz CT molecular complexity index is 450. The van der Waals surface area contributed by atoms with Crippen LogP contribution in [0.4, 0.5) is 5.82 Å². The summed E-state index contributed by atoms with van der Waals surface area (Å²) in [6.07, 6.45) is 0.931. The lowest BCUT2D eigenvalue weighted by Gasteiger charge is -2.19. The van der Waals surface area contributed by atoms with Crippen molar-refractivity contribution in [1.29, 1.82) is 0 Å². The van der Waals surface area contributed by atoms with Crippen molar-refractivity contribution in [3.05, 3.63) is 16.8 Å². The van der Waals surface area contributed by atoms with E-state index in [-0.39, 0.29) is 11.0 Å². The molecule has 2 N–H and O–H groups in total. The maximum absolute atomic E-state index is 11.2. The maximum atomic E-state index is 11.2. The molecule has 0 unspecified atom stereocenters. The summed E-state index contributed by atoms with van der Waals surface area (Å²) in [5.74, 6) is -0.612. The van der Waals surface area contributed by atoms with E-state index in [1.807, 2.05) is 0 Å². The molecule has 5 nitrogen and oxygen atoms in total. The van der Waals surface area contributed by atoms with Crippen LogP contribution in [0, 0.1) is 19.3 Å². The van der Waals surface area contributed by atoms with Crippen LogP contribution in [0.1, 0.15) is 48.8 Å². The number of carboxylic acids is 1. The lowest BCUT2D eigenvalue weighted by Crippen LogP contribution is -2.17. The van der Waals surface area contributed by atoms with Gasteiger partial charge in [0.25, 0.3) is 0 Å². The van der Waals surface area contributed by atoms with Crippen molar-refractivity contribution in [3.8, 4) is 0 Å². The third-order valence-corrected chi connectivity index (χ3v) is 2.84. The molecule has 0 aliphatic carbocycles. The van der Waals surface area contributed by atoms with Crippen molar-refractivity contribution in [2.45, 2.75) is 41.0 Å². The Morgan fingerprint density at radius 3 is 2.39 bits per heavy atom. The normalized spacial score (nSPS) is 11.4. The van der Waals surface area contributed by atoms with Crippen molar-refractivity contribution < 1.29 is 9.90 Å². The first kappa shape index (κ1) is 14.4. The molecule has 1 aromatic heterocycles. The van der Waals surface area contributed by atoms with Crippen molar-refractivity contribution in [2.75, 3.05) is 11.9 Å². The molecular weight excluding hydrogens is 230 g/mol. The number of anilines is 1. The van der Waals surface area contributed by atoms with E-state index in [1.54, 1.807) is 13.8 Å². The third kappa shape index (κ3) is 3.68. The number of hydrogen-bond acceptors (Lipinski definition) is 4. The zero-order valence-corrected chi connectivity index (χ0v) is 11.7. The van der Waals surface area contributed by atoms with Gasteiger partial charge in [0.1, 0.15) is 5.56 Å². The Morgan fingerprint density at radius 1 is 1.28 bits per heavy atom. The molecule has 0 amide bonds. The van der Waals surface area contributed by atoms with E-state index in [1.165, 1.54) is 0 Å². The fourth-order valence-electron chi connectivity index (χ4n) is 1.55. The van der Waals surface area contributed by atoms with E-state index in [9.17, 15) is 9.90 Å². The molecule has 0 aliphatic heterocycles. The molecule has 0 bridgehead atoms. The van der Waals surface area contributed by atoms with Gasteiger partial charge in [0.15, 0.2) is 5.82 Å². The van der Waals surface area contributed by atoms with Gasteiger partial charge in [0.2, 0.25) is 0 Å². The molecular formula is C13H21N3O2. The van der Waals surface area contributed by atoms with Crippen LogP contribution < -0.4 is 5.32 Å². The number of aryl methyl sites for hydroxylation is 1. The number of hydrogen-bond donors (Lipinski definition) is 2. The Labute approximate surface area is 108 Å². The molecule has 0 atom stereocenters. The molecule has 100 valence electrons. The highest BCUT2D eigenvalue weighted by Gasteiger charge is 2.18. The van der Waals surface area contributed by atoms with Gasteiger partial charge >= 0.3 is 5.97 Å². The van der Waals surface area contributed by atoms with Crippen molar-refractivity contribution in [2.24, 2.45) is 5.41 Å². The summed E-state index contributed by atoms with van der Waals surface area (Å²) in [5.41, 5.74) is 1.73. The SMILES string of the molecule is Cc1nnc(NCCC(C)(C)C)c(C(=O)O)c1C. The molecule has 0 fully saturated rings. The van der Waals surface area contributed by atoms with Crippen molar-refractivity contribution in [1.82, 2.24) is 10.2 Å². The van der Waals surface area contributed by atoms with Crippen LogP contribution in [0.25, 0.3) is 0 Å². The van der Waals surface area contributed by atoms with Crippen LogP contribution in [0.5, 0.6) is 0 Å². The number of nitrogens with zero attached hydrogens (tertiary/aromatic N) is 2. The second-order valence-corrected chi connectivity index (χ2v) is 5.68. The predicted molar refractivity (Wildman–Crippen MR) is 71.0 cm³/mol. The summed E-state index contributed by atoms with van der Waals surface area (Å²) in [6, 6.07) is 0. The highest BCUT2D eigenvalue weighted by molar-refractivity contribution is 5.94. The minimum Gasteiger partial charge on any atom is -0.478 e. The topological polar surface area (TPSA) is 75.1 Å². The van der Waals surface area contributed by atoms with E-state index in [2.05, 4.69) is 36.3 Å². The Hall–Kier alpha value is -1.65. The van der Waals surface area contributed by atoms with Crippen LogP contribution in [0.2, 0.25) is 0 Å². The van der Waals surface area contributed by atoms with Crippen LogP contribution in [-0.4, -0.2) is 27.8 Å². The minimum absolute atomic E-state index is 0.198. The van der Waals surface area contributed by atoms with E-state index in [0.29, 0.717) is 23.6 Å². The van der Waals surface area contributed by atoms with Gasteiger partial charge < -0.3 is 10.4 Å². The van der Waals surface area contributed by atoms with E-state index < -0.39 is 5.97 Å². The van der Waals surface area contributed by atoms with Gasteiger partial charge in [-0.15, -0.1) is 5.10 Å². The first-order chi connectivity index (χ1) is 8.22. The second kappa shape index (κ2) is 5.33. The zero-order valence-electron chi connectivity index (χ0n) is 11.7. The first-order valence-electron chi connectivity index (χ1n) is 6.03. The van der Waals surface area contributed by atoms with Gasteiger partial charge in [-0.25, -0.2) is 4.79 Å². The smallest absolute Gasteiger partial charge is 0.339 e. The summed E-state index contributed by atoms with van der Waals surface area (Å²) < 4.78 is 0. The van der Waals surface area contributed by atoms with E-state index in [0.717, 1.165) is 6.42 Å². The first-order valence-corrected chi connectivity index (χ1v) is 6.03. The number of rotatable bonds is 4. The summed E-state index contributed by atoms with van der Waals surface area (Å²) in [6.45, 7) is 10.6. The second-order valence-electron chi connectivity index (χ2n) is 5.68. The fraction of sp³-hybridized carbons (Fsp3) is 0.615. The zero-order chi connectivity index (χ0) is 13.9. The lowest BCUT2D eigenvalue weighted by atomic mass is 9.92. The molecule has 0 aromatic carbocycles. The highest BCUT2D eigenvalue weighted by Crippen LogP contribution is 2.21. The number of carboxylic acid groups (broad SMARTS) is 1. The van der Waals surface area contributed by atoms with Crippen LogP contribution in [-0.2, 0) is 0 Å². The number of carbonyl (C=O) groups is 1. The van der Waals surface area contributed by atoms with Crippen LogP contribution in [0.15, 0.2) is 0 Å². The van der Waals surface area contributed by atoms with Gasteiger partial charge in [-0.3, -0.25) is 0 Å². The highest BCUT2D eigenvalue weighted by atomic mass is 16.4. The molecule has 18 heavy (non-hydrogen) atoms. The summed E-state index contributed by atoms with van der Waals surface area (Å²) in [4.78, 5) is 11.2. The Balaban J connectivity index is 2.89. The summed E-state index contributed by atoms with van der Waals surface area (Å²) in [7, 11) is 0. The predicted octanol–water partition coefficient (Wildman–Crippen LogP) is 2.64. The minimum atomic E-state index is -0.969. The monoisotopic (exact) mass is 251 g/mol. The maximum Gasteiger partial charge on any atom is 0.339 e. The third-order valence-electron chi connectivity index (χ3n) is 2.84. The molecule has 0 saturated heterocycles. The number of aromatic carboxylic acids is 1. The van der Waals surface area contributed by atoms with Gasteiger partial charge in [-0.2, -0.15) is 5.10 Å². The molecule has 1 aromatic rings. The van der Waals surface area contributed by atoms with Crippen molar-refractivity contribution in [3.63, 3.8) is 0 Å². The lowest BCUT2D eigenvalue weighted by molar-refractivity contribution is 0.0696. The Kier molecular flexibility index (Phi) is 4.27. The van der Waals surface area contributed by atoms with Gasteiger partial charge in [-0.05, 0) is 31.2 Å². The Morgan fingerprint density at radius 2 is 1.89 bits per heavy atom. The molecule has 0 radical (unpaired) electrons. The number of nitrogens with one attached hydrogen (secondary N) is 1. The quantitative estimate of drug-likeness (QED) is 0.860. The standard InChI is InChI=1S/C13H21N3O2/c1-8-9(2)15-16-11(10(8)12(17)18)14-7-6-13(3,4)5/h6-7H2,1-5H3,(H,14,16)(H,17,18). The van der Waals surface area contributed by atoms with Crippen LogP contribution in [0.3, 0.4) is 0 Å². The summed E-state index contributed by atoms with van der Waals surface area (Å²) >= 11 is 0. The summed E-state index contributed by atoms with van der Waals surface area (Å²) in [5, 5.41) is 20.2. The molecule has 0 aliphatic rings. The largest absolute Gasteiger partial charge is 0.478 e. The molecule has 1 heterocycles. The number of aromatic nitrogens is 2. The average molecular weight is 251 g/mol. The van der Waals surface area contributed by atoms with Gasteiger partial charge in [-0.1, -0.05) is 20.8 Å². The van der Waals surface area contributed by atoms with E-state index >= 15 is 0 Å². The molecule has 5 heteroatoms. The fourth-order valence-corrected chi connectivity index (χ4v) is 1.55. The molecule has 0 spiro atoms. The van der Waals surface area contributed by atoms with Gasteiger partial charge in [0.05, 0.1) is 5.69 Å². The van der Waals surface area contributed by atoms with Gasteiger partial charge in [0, 0.05) is 6.54 Å². The van der Waals surface area contributed by atoms with Crippen LogP contribution >= 0.6 is 0 Å². The van der Waals surface area contributed by atoms with E-state index in [4.69, 9.17) is 0 Å². The molecule has 1 rings (SSSR count). The van der Waals surface area contributed by atoms with Crippen molar-refractivity contribution >= 4 is 11.8 Å². The average Bonchev–Trinajstić information content (AvgIpc) is 2.21. The molecule has 0 saturated carbocycles.